The summed E-state index contributed by atoms with van der Waals surface area (Å²) in [7, 11) is 6.07. The van der Waals surface area contributed by atoms with Gasteiger partial charge in [0.1, 0.15) is 17.5 Å². The second-order valence-electron chi connectivity index (χ2n) is 6.12. The molecule has 2 aromatic carbocycles. The molecule has 128 valence electrons. The molecule has 0 amide bonds. The van der Waals surface area contributed by atoms with E-state index in [1.54, 1.807) is 0 Å². The first kappa shape index (κ1) is 16.8. The van der Waals surface area contributed by atoms with Crippen molar-refractivity contribution in [2.24, 2.45) is 0 Å². The summed E-state index contributed by atoms with van der Waals surface area (Å²) in [4.78, 5) is 13.2. The average molecular weight is 333 g/mol. The smallest absolute Gasteiger partial charge is 0.138 e. The van der Waals surface area contributed by atoms with E-state index in [1.165, 1.54) is 0 Å². The van der Waals surface area contributed by atoms with E-state index in [0.717, 1.165) is 34.5 Å². The van der Waals surface area contributed by atoms with Gasteiger partial charge >= 0.3 is 0 Å². The molecule has 0 unspecified atom stereocenters. The number of rotatable bonds is 5. The summed E-state index contributed by atoms with van der Waals surface area (Å²) < 4.78 is 0. The van der Waals surface area contributed by atoms with Crippen molar-refractivity contribution in [2.75, 3.05) is 36.3 Å². The van der Waals surface area contributed by atoms with Crippen molar-refractivity contribution in [3.63, 3.8) is 0 Å². The number of hydrogen-bond acceptors (Lipinski definition) is 5. The number of benzene rings is 2. The first-order chi connectivity index (χ1) is 12.0. The zero-order chi connectivity index (χ0) is 17.8. The van der Waals surface area contributed by atoms with Crippen molar-refractivity contribution in [1.29, 1.82) is 0 Å². The summed E-state index contributed by atoms with van der Waals surface area (Å²) in [5.41, 5.74) is 3.24. The molecule has 0 saturated heterocycles. The number of nitrogens with zero attached hydrogens (tertiary/aromatic N) is 4. The molecule has 3 rings (SSSR count). The third kappa shape index (κ3) is 4.07. The van der Waals surface area contributed by atoms with E-state index in [1.807, 2.05) is 64.5 Å². The fourth-order valence-electron chi connectivity index (χ4n) is 2.56. The van der Waals surface area contributed by atoms with Crippen LogP contribution in [0.2, 0.25) is 0 Å². The summed E-state index contributed by atoms with van der Waals surface area (Å²) in [6.07, 6.45) is 0. The van der Waals surface area contributed by atoms with Gasteiger partial charge in [-0.25, -0.2) is 9.97 Å². The third-order valence-corrected chi connectivity index (χ3v) is 3.97. The summed E-state index contributed by atoms with van der Waals surface area (Å²) in [5, 5.41) is 3.36. The molecule has 0 saturated carbocycles. The highest BCUT2D eigenvalue weighted by Gasteiger charge is 2.09. The lowest BCUT2D eigenvalue weighted by atomic mass is 10.2. The van der Waals surface area contributed by atoms with Gasteiger partial charge in [0.25, 0.3) is 0 Å². The number of anilines is 5. The number of aryl methyl sites for hydroxylation is 1. The van der Waals surface area contributed by atoms with Crippen molar-refractivity contribution in [3.05, 3.63) is 66.5 Å². The standard InChI is InChI=1S/C20H23N5/c1-15-21-19(23-16-10-12-17(13-11-16)24(2)3)14-20(22-15)25(4)18-8-6-5-7-9-18/h5-14H,1-4H3,(H,21,22,23). The molecule has 5 nitrogen and oxygen atoms in total. The predicted molar refractivity (Wildman–Crippen MR) is 105 cm³/mol. The van der Waals surface area contributed by atoms with Crippen LogP contribution in [0.25, 0.3) is 0 Å². The second-order valence-corrected chi connectivity index (χ2v) is 6.12. The molecule has 5 heteroatoms. The molecule has 0 fully saturated rings. The van der Waals surface area contributed by atoms with E-state index >= 15 is 0 Å². The number of para-hydroxylation sites is 1. The fourth-order valence-corrected chi connectivity index (χ4v) is 2.56. The Labute approximate surface area is 149 Å². The van der Waals surface area contributed by atoms with Crippen LogP contribution in [0, 0.1) is 6.92 Å². The monoisotopic (exact) mass is 333 g/mol. The maximum Gasteiger partial charge on any atom is 0.138 e. The van der Waals surface area contributed by atoms with Crippen molar-refractivity contribution in [3.8, 4) is 0 Å². The molecule has 0 spiro atoms. The van der Waals surface area contributed by atoms with Gasteiger partial charge in [-0.3, -0.25) is 0 Å². The van der Waals surface area contributed by atoms with Crippen LogP contribution in [0.15, 0.2) is 60.7 Å². The molecular weight excluding hydrogens is 310 g/mol. The summed E-state index contributed by atoms with van der Waals surface area (Å²) in [5.74, 6) is 2.36. The molecular formula is C20H23N5. The molecule has 0 aliphatic rings. The molecule has 0 radical (unpaired) electrons. The van der Waals surface area contributed by atoms with Crippen LogP contribution >= 0.6 is 0 Å². The number of nitrogens with one attached hydrogen (secondary N) is 1. The molecule has 1 aromatic heterocycles. The molecule has 1 heterocycles. The predicted octanol–water partition coefficient (Wildman–Crippen LogP) is 4.36. The maximum absolute atomic E-state index is 4.56. The Kier molecular flexibility index (Phi) is 4.84. The van der Waals surface area contributed by atoms with Crippen LogP contribution in [0.1, 0.15) is 5.82 Å². The average Bonchev–Trinajstić information content (AvgIpc) is 2.62. The van der Waals surface area contributed by atoms with E-state index in [2.05, 4.69) is 49.4 Å². The lowest BCUT2D eigenvalue weighted by Crippen LogP contribution is -2.13. The fraction of sp³-hybridized carbons (Fsp3) is 0.200. The van der Waals surface area contributed by atoms with Crippen molar-refractivity contribution in [2.45, 2.75) is 6.92 Å². The molecule has 25 heavy (non-hydrogen) atoms. The molecule has 0 atom stereocenters. The Morgan fingerprint density at radius 2 is 1.48 bits per heavy atom. The van der Waals surface area contributed by atoms with Crippen molar-refractivity contribution >= 4 is 28.7 Å². The Balaban J connectivity index is 1.84. The minimum absolute atomic E-state index is 0.729. The van der Waals surface area contributed by atoms with Crippen molar-refractivity contribution in [1.82, 2.24) is 9.97 Å². The molecule has 1 N–H and O–H groups in total. The molecule has 0 aliphatic heterocycles. The zero-order valence-electron chi connectivity index (χ0n) is 15.1. The Hall–Kier alpha value is -3.08. The highest BCUT2D eigenvalue weighted by molar-refractivity contribution is 5.66. The Morgan fingerprint density at radius 1 is 0.800 bits per heavy atom. The van der Waals surface area contributed by atoms with E-state index in [9.17, 15) is 0 Å². The molecule has 0 aliphatic carbocycles. The lowest BCUT2D eigenvalue weighted by molar-refractivity contribution is 1.02. The van der Waals surface area contributed by atoms with Gasteiger partial charge in [-0.05, 0) is 43.3 Å². The minimum atomic E-state index is 0.729. The van der Waals surface area contributed by atoms with E-state index in [-0.39, 0.29) is 0 Å². The van der Waals surface area contributed by atoms with Crippen LogP contribution in [-0.4, -0.2) is 31.1 Å². The summed E-state index contributed by atoms with van der Waals surface area (Å²) in [6, 6.07) is 20.4. The first-order valence-corrected chi connectivity index (χ1v) is 8.22. The normalized spacial score (nSPS) is 10.4. The van der Waals surface area contributed by atoms with E-state index < -0.39 is 0 Å². The van der Waals surface area contributed by atoms with Crippen LogP contribution in [0.3, 0.4) is 0 Å². The van der Waals surface area contributed by atoms with Crippen LogP contribution in [0.4, 0.5) is 28.7 Å². The number of hydrogen-bond donors (Lipinski definition) is 1. The highest BCUT2D eigenvalue weighted by atomic mass is 15.2. The highest BCUT2D eigenvalue weighted by Crippen LogP contribution is 2.25. The summed E-state index contributed by atoms with van der Waals surface area (Å²) in [6.45, 7) is 1.91. The Bertz CT molecular complexity index is 828. The van der Waals surface area contributed by atoms with Crippen LogP contribution in [0.5, 0.6) is 0 Å². The topological polar surface area (TPSA) is 44.3 Å². The van der Waals surface area contributed by atoms with Gasteiger partial charge in [0.15, 0.2) is 0 Å². The first-order valence-electron chi connectivity index (χ1n) is 8.22. The van der Waals surface area contributed by atoms with E-state index in [0.29, 0.717) is 0 Å². The van der Waals surface area contributed by atoms with Gasteiger partial charge in [-0.2, -0.15) is 0 Å². The van der Waals surface area contributed by atoms with Gasteiger partial charge in [0.05, 0.1) is 0 Å². The van der Waals surface area contributed by atoms with Crippen LogP contribution in [-0.2, 0) is 0 Å². The number of aromatic nitrogens is 2. The largest absolute Gasteiger partial charge is 0.378 e. The molecule has 3 aromatic rings. The van der Waals surface area contributed by atoms with Gasteiger partial charge in [0.2, 0.25) is 0 Å². The van der Waals surface area contributed by atoms with Crippen molar-refractivity contribution < 1.29 is 0 Å². The van der Waals surface area contributed by atoms with Gasteiger partial charge in [-0.1, -0.05) is 18.2 Å². The minimum Gasteiger partial charge on any atom is -0.378 e. The Morgan fingerprint density at radius 3 is 2.12 bits per heavy atom. The van der Waals surface area contributed by atoms with E-state index in [4.69, 9.17) is 0 Å². The van der Waals surface area contributed by atoms with Gasteiger partial charge in [0, 0.05) is 44.3 Å². The quantitative estimate of drug-likeness (QED) is 0.751. The third-order valence-electron chi connectivity index (χ3n) is 3.97. The zero-order valence-corrected chi connectivity index (χ0v) is 15.1. The van der Waals surface area contributed by atoms with Gasteiger partial charge < -0.3 is 15.1 Å². The lowest BCUT2D eigenvalue weighted by Gasteiger charge is -2.19. The van der Waals surface area contributed by atoms with Crippen LogP contribution < -0.4 is 15.1 Å². The maximum atomic E-state index is 4.56. The molecule has 0 bridgehead atoms. The summed E-state index contributed by atoms with van der Waals surface area (Å²) >= 11 is 0. The SMILES string of the molecule is Cc1nc(Nc2ccc(N(C)C)cc2)cc(N(C)c2ccccc2)n1. The second kappa shape index (κ2) is 7.21. The van der Waals surface area contributed by atoms with Gasteiger partial charge in [-0.15, -0.1) is 0 Å².